The second-order valence-corrected chi connectivity index (χ2v) is 16.7. The molecule has 1 unspecified atom stereocenters. The highest BCUT2D eigenvalue weighted by molar-refractivity contribution is 5.70. The van der Waals surface area contributed by atoms with Gasteiger partial charge in [-0.15, -0.1) is 0 Å². The lowest BCUT2D eigenvalue weighted by molar-refractivity contribution is -0.163. The van der Waals surface area contributed by atoms with Crippen LogP contribution >= 0.6 is 0 Å². The third-order valence-corrected chi connectivity index (χ3v) is 10.6. The van der Waals surface area contributed by atoms with E-state index in [1.807, 2.05) is 0 Å². The Bertz CT molecular complexity index is 1200. The van der Waals surface area contributed by atoms with E-state index in [-0.39, 0.29) is 25.2 Å². The van der Waals surface area contributed by atoms with E-state index in [1.54, 1.807) is 0 Å². The van der Waals surface area contributed by atoms with Crippen LogP contribution in [0.15, 0.2) is 97.2 Å². The van der Waals surface area contributed by atoms with Crippen LogP contribution in [-0.4, -0.2) is 37.9 Å². The summed E-state index contributed by atoms with van der Waals surface area (Å²) in [5.41, 5.74) is 0. The van der Waals surface area contributed by atoms with E-state index < -0.39 is 6.10 Å². The van der Waals surface area contributed by atoms with Crippen molar-refractivity contribution in [2.75, 3.05) is 19.8 Å². The van der Waals surface area contributed by atoms with Crippen LogP contribution in [0.4, 0.5) is 0 Å². The van der Waals surface area contributed by atoms with Gasteiger partial charge in [0, 0.05) is 19.4 Å². The van der Waals surface area contributed by atoms with E-state index in [0.29, 0.717) is 19.4 Å². The summed E-state index contributed by atoms with van der Waals surface area (Å²) in [5.74, 6) is -0.455. The average molecular weight is 861 g/mol. The molecule has 0 aliphatic carbocycles. The molecule has 0 amide bonds. The average Bonchev–Trinajstić information content (AvgIpc) is 3.27. The Labute approximate surface area is 383 Å². The first-order valence-electron chi connectivity index (χ1n) is 25.8. The molecule has 0 spiro atoms. The van der Waals surface area contributed by atoms with Gasteiger partial charge >= 0.3 is 11.9 Å². The molecule has 62 heavy (non-hydrogen) atoms. The lowest BCUT2D eigenvalue weighted by Gasteiger charge is -2.18. The summed E-state index contributed by atoms with van der Waals surface area (Å²) in [5, 5.41) is 0. The van der Waals surface area contributed by atoms with Crippen molar-refractivity contribution in [3.63, 3.8) is 0 Å². The number of hydrogen-bond acceptors (Lipinski definition) is 5. The molecule has 5 heteroatoms. The Morgan fingerprint density at radius 1 is 0.371 bits per heavy atom. The molecule has 0 rings (SSSR count). The molecule has 0 radical (unpaired) electrons. The molecule has 0 aliphatic rings. The Morgan fingerprint density at radius 3 is 1.24 bits per heavy atom. The van der Waals surface area contributed by atoms with Crippen molar-refractivity contribution in [1.29, 1.82) is 0 Å². The topological polar surface area (TPSA) is 61.8 Å². The Hall–Kier alpha value is -3.18. The molecule has 0 N–H and O–H groups in total. The third kappa shape index (κ3) is 49.5. The SMILES string of the molecule is CC/C=C\C/C=C\C/C=C\CCCCCC(=O)OC(COCCCCCCCC/C=C\C/C=C\CCC)COC(=O)CCCCCCCC/C=C\C/C=C\C/C=C\CCCCC. The van der Waals surface area contributed by atoms with Crippen molar-refractivity contribution in [2.24, 2.45) is 0 Å². The molecule has 0 saturated heterocycles. The minimum Gasteiger partial charge on any atom is -0.462 e. The van der Waals surface area contributed by atoms with Gasteiger partial charge in [0.1, 0.15) is 6.61 Å². The number of rotatable bonds is 46. The van der Waals surface area contributed by atoms with Gasteiger partial charge in [-0.05, 0) is 116 Å². The molecule has 1 atom stereocenters. The quantitative estimate of drug-likeness (QED) is 0.0347. The van der Waals surface area contributed by atoms with Gasteiger partial charge in [-0.3, -0.25) is 9.59 Å². The van der Waals surface area contributed by atoms with E-state index in [9.17, 15) is 9.59 Å². The molecule has 0 aliphatic heterocycles. The maximum absolute atomic E-state index is 12.8. The van der Waals surface area contributed by atoms with E-state index in [4.69, 9.17) is 14.2 Å². The number of unbranched alkanes of at least 4 members (excludes halogenated alkanes) is 19. The largest absolute Gasteiger partial charge is 0.462 e. The number of hydrogen-bond donors (Lipinski definition) is 0. The molecule has 0 bridgehead atoms. The second kappa shape index (κ2) is 52.2. The smallest absolute Gasteiger partial charge is 0.306 e. The number of esters is 2. The van der Waals surface area contributed by atoms with Gasteiger partial charge in [-0.2, -0.15) is 0 Å². The highest BCUT2D eigenvalue weighted by atomic mass is 16.6. The lowest BCUT2D eigenvalue weighted by Crippen LogP contribution is -2.30. The Balaban J connectivity index is 4.34. The fraction of sp³-hybridized carbons (Fsp3) is 0.684. The van der Waals surface area contributed by atoms with Crippen LogP contribution in [0.5, 0.6) is 0 Å². The van der Waals surface area contributed by atoms with Gasteiger partial charge < -0.3 is 14.2 Å². The maximum Gasteiger partial charge on any atom is 0.306 e. The van der Waals surface area contributed by atoms with Crippen molar-refractivity contribution >= 4 is 11.9 Å². The predicted molar refractivity (Wildman–Crippen MR) is 270 cm³/mol. The van der Waals surface area contributed by atoms with E-state index in [1.165, 1.54) is 83.5 Å². The van der Waals surface area contributed by atoms with Crippen molar-refractivity contribution in [2.45, 2.75) is 232 Å². The third-order valence-electron chi connectivity index (χ3n) is 10.6. The minimum atomic E-state index is -0.567. The van der Waals surface area contributed by atoms with E-state index in [2.05, 4.69) is 118 Å². The summed E-state index contributed by atoms with van der Waals surface area (Å²) in [4.78, 5) is 25.4. The van der Waals surface area contributed by atoms with Crippen molar-refractivity contribution in [3.8, 4) is 0 Å². The van der Waals surface area contributed by atoms with Crippen LogP contribution < -0.4 is 0 Å². The van der Waals surface area contributed by atoms with Crippen LogP contribution in [0.25, 0.3) is 0 Å². The number of ether oxygens (including phenoxy) is 3. The van der Waals surface area contributed by atoms with Crippen LogP contribution in [0.1, 0.15) is 226 Å². The molecule has 0 aromatic carbocycles. The van der Waals surface area contributed by atoms with E-state index >= 15 is 0 Å². The highest BCUT2D eigenvalue weighted by Crippen LogP contribution is 2.13. The predicted octanol–water partition coefficient (Wildman–Crippen LogP) is 17.5. The summed E-state index contributed by atoms with van der Waals surface area (Å²) in [6.45, 7) is 7.55. The minimum absolute atomic E-state index is 0.0572. The molecule has 0 saturated carbocycles. The zero-order valence-corrected chi connectivity index (χ0v) is 40.6. The van der Waals surface area contributed by atoms with Crippen LogP contribution in [0, 0.1) is 0 Å². The molecule has 0 heterocycles. The number of carbonyl (C=O) groups is 2. The van der Waals surface area contributed by atoms with Gasteiger partial charge in [0.15, 0.2) is 6.10 Å². The summed E-state index contributed by atoms with van der Waals surface area (Å²) in [6, 6.07) is 0. The zero-order chi connectivity index (χ0) is 44.9. The number of allylic oxidation sites excluding steroid dienone is 16. The van der Waals surface area contributed by atoms with Gasteiger partial charge in [0.05, 0.1) is 6.61 Å². The van der Waals surface area contributed by atoms with Gasteiger partial charge in [-0.1, -0.05) is 195 Å². The summed E-state index contributed by atoms with van der Waals surface area (Å²) in [6.07, 6.45) is 69.8. The lowest BCUT2D eigenvalue weighted by atomic mass is 10.1. The van der Waals surface area contributed by atoms with Crippen molar-refractivity contribution in [1.82, 2.24) is 0 Å². The molecule has 354 valence electrons. The van der Waals surface area contributed by atoms with E-state index in [0.717, 1.165) is 109 Å². The van der Waals surface area contributed by atoms with Crippen molar-refractivity contribution < 1.29 is 23.8 Å². The summed E-state index contributed by atoms with van der Waals surface area (Å²) < 4.78 is 17.4. The zero-order valence-electron chi connectivity index (χ0n) is 40.6. The first-order chi connectivity index (χ1) is 30.6. The molecule has 0 fully saturated rings. The monoisotopic (exact) mass is 861 g/mol. The fourth-order valence-corrected chi connectivity index (χ4v) is 6.74. The highest BCUT2D eigenvalue weighted by Gasteiger charge is 2.17. The molecule has 0 aromatic heterocycles. The molecule has 0 aromatic rings. The van der Waals surface area contributed by atoms with Gasteiger partial charge in [0.2, 0.25) is 0 Å². The normalized spacial score (nSPS) is 13.0. The first kappa shape index (κ1) is 58.8. The Kier molecular flexibility index (Phi) is 49.5. The molecular formula is C57H96O5. The van der Waals surface area contributed by atoms with Crippen LogP contribution in [-0.2, 0) is 23.8 Å². The standard InChI is InChI=1S/C57H96O5/c1-4-7-10-13-16-19-22-25-27-28-29-30-31-33-35-38-41-44-47-50-56(58)61-54-55(53-60-52-49-46-43-40-37-34-26-23-20-17-14-11-8-5-2)62-57(59)51-48-45-42-39-36-32-24-21-18-15-12-9-6-3/h9,11-12,14,16,18-21,23,25,27,29-30,32,36,55H,4-8,10,13,15,17,22,24,26,28,31,33-35,37-54H2,1-3H3/b12-9-,14-11-,19-16-,21-18-,23-20-,27-25-,30-29-,36-32-. The van der Waals surface area contributed by atoms with Gasteiger partial charge in [0.25, 0.3) is 0 Å². The Morgan fingerprint density at radius 2 is 0.758 bits per heavy atom. The second-order valence-electron chi connectivity index (χ2n) is 16.7. The fourth-order valence-electron chi connectivity index (χ4n) is 6.74. The summed E-state index contributed by atoms with van der Waals surface area (Å²) >= 11 is 0. The van der Waals surface area contributed by atoms with Crippen LogP contribution in [0.3, 0.4) is 0 Å². The van der Waals surface area contributed by atoms with Crippen LogP contribution in [0.2, 0.25) is 0 Å². The first-order valence-corrected chi connectivity index (χ1v) is 25.8. The van der Waals surface area contributed by atoms with Gasteiger partial charge in [-0.25, -0.2) is 0 Å². The number of carbonyl (C=O) groups excluding carboxylic acids is 2. The van der Waals surface area contributed by atoms with Crippen molar-refractivity contribution in [3.05, 3.63) is 97.2 Å². The molecule has 5 nitrogen and oxygen atoms in total. The summed E-state index contributed by atoms with van der Waals surface area (Å²) in [7, 11) is 0. The maximum atomic E-state index is 12.8. The molecular weight excluding hydrogens is 765 g/mol.